The highest BCUT2D eigenvalue weighted by molar-refractivity contribution is 5.75. The summed E-state index contributed by atoms with van der Waals surface area (Å²) in [5, 5.41) is 14.2. The number of hydrogen-bond donors (Lipinski definition) is 2. The van der Waals surface area contributed by atoms with Crippen molar-refractivity contribution >= 4 is 5.91 Å². The maximum atomic E-state index is 11.5. The number of amides is 1. The number of hydrogen-bond acceptors (Lipinski definition) is 4. The van der Waals surface area contributed by atoms with E-state index in [-0.39, 0.29) is 12.5 Å². The lowest BCUT2D eigenvalue weighted by Crippen LogP contribution is -2.29. The van der Waals surface area contributed by atoms with Crippen molar-refractivity contribution in [2.75, 3.05) is 13.1 Å². The first kappa shape index (κ1) is 13.2. The van der Waals surface area contributed by atoms with Crippen molar-refractivity contribution in [2.24, 2.45) is 0 Å². The van der Waals surface area contributed by atoms with Crippen LogP contribution in [-0.4, -0.2) is 28.5 Å². The lowest BCUT2D eigenvalue weighted by atomic mass is 10.4. The summed E-state index contributed by atoms with van der Waals surface area (Å²) in [7, 11) is 0. The molecule has 0 aliphatic heterocycles. The second-order valence-electron chi connectivity index (χ2n) is 3.51. The number of nitrogens with one attached hydrogen (secondary N) is 2. The van der Waals surface area contributed by atoms with Crippen molar-refractivity contribution in [3.63, 3.8) is 0 Å². The van der Waals surface area contributed by atoms with E-state index in [2.05, 4.69) is 15.6 Å². The van der Waals surface area contributed by atoms with Crippen LogP contribution in [0.3, 0.4) is 0 Å². The van der Waals surface area contributed by atoms with Gasteiger partial charge in [-0.05, 0) is 6.54 Å². The van der Waals surface area contributed by atoms with Crippen molar-refractivity contribution in [2.45, 2.75) is 26.4 Å². The van der Waals surface area contributed by atoms with Crippen molar-refractivity contribution < 1.29 is 4.79 Å². The highest BCUT2D eigenvalue weighted by atomic mass is 16.1. The number of carbonyl (C=O) groups is 1. The van der Waals surface area contributed by atoms with Gasteiger partial charge in [-0.25, -0.2) is 4.98 Å². The second kappa shape index (κ2) is 7.41. The molecule has 92 valence electrons. The smallest absolute Gasteiger partial charge is 0.240 e. The molecule has 1 rings (SSSR count). The molecule has 0 saturated heterocycles. The fraction of sp³-hybridized carbons (Fsp3) is 0.545. The van der Waals surface area contributed by atoms with Gasteiger partial charge in [0.15, 0.2) is 0 Å². The third-order valence-electron chi connectivity index (χ3n) is 2.21. The summed E-state index contributed by atoms with van der Waals surface area (Å²) in [5.41, 5.74) is 0. The summed E-state index contributed by atoms with van der Waals surface area (Å²) < 4.78 is 1.80. The Morgan fingerprint density at radius 1 is 1.65 bits per heavy atom. The van der Waals surface area contributed by atoms with Crippen LogP contribution in [0.5, 0.6) is 0 Å². The number of imidazole rings is 1. The van der Waals surface area contributed by atoms with E-state index in [4.69, 9.17) is 5.26 Å². The van der Waals surface area contributed by atoms with E-state index >= 15 is 0 Å². The Bertz CT molecular complexity index is 393. The molecule has 0 atom stereocenters. The summed E-state index contributed by atoms with van der Waals surface area (Å²) in [5.74, 6) is 0.735. The Morgan fingerprint density at radius 3 is 3.18 bits per heavy atom. The lowest BCUT2D eigenvalue weighted by Gasteiger charge is -2.08. The van der Waals surface area contributed by atoms with E-state index < -0.39 is 0 Å². The minimum atomic E-state index is -0.101. The van der Waals surface area contributed by atoms with Gasteiger partial charge in [0, 0.05) is 18.9 Å². The molecule has 0 aromatic carbocycles. The van der Waals surface area contributed by atoms with E-state index in [0.717, 1.165) is 12.4 Å². The average Bonchev–Trinajstić information content (AvgIpc) is 2.74. The summed E-state index contributed by atoms with van der Waals surface area (Å²) in [6.45, 7) is 4.16. The number of aromatic nitrogens is 2. The Balaban J connectivity index is 2.42. The zero-order valence-electron chi connectivity index (χ0n) is 9.94. The third kappa shape index (κ3) is 4.66. The van der Waals surface area contributed by atoms with Gasteiger partial charge in [-0.3, -0.25) is 4.79 Å². The van der Waals surface area contributed by atoms with Crippen LogP contribution in [0.4, 0.5) is 0 Å². The minimum Gasteiger partial charge on any atom is -0.354 e. The van der Waals surface area contributed by atoms with Gasteiger partial charge in [0.2, 0.25) is 5.91 Å². The van der Waals surface area contributed by atoms with E-state index in [1.807, 2.05) is 13.0 Å². The Morgan fingerprint density at radius 2 is 2.47 bits per heavy atom. The largest absolute Gasteiger partial charge is 0.354 e. The average molecular weight is 235 g/mol. The number of carbonyl (C=O) groups excluding carboxylic acids is 1. The van der Waals surface area contributed by atoms with Crippen LogP contribution in [0.25, 0.3) is 0 Å². The Hall–Kier alpha value is -1.87. The van der Waals surface area contributed by atoms with Crippen LogP contribution in [0.1, 0.15) is 19.2 Å². The first-order valence-electron chi connectivity index (χ1n) is 5.62. The Kier molecular flexibility index (Phi) is 5.75. The summed E-state index contributed by atoms with van der Waals surface area (Å²) in [6, 6.07) is 1.98. The fourth-order valence-electron chi connectivity index (χ4n) is 1.36. The van der Waals surface area contributed by atoms with E-state index in [9.17, 15) is 4.79 Å². The molecule has 1 heterocycles. The first-order chi connectivity index (χ1) is 8.27. The normalized spacial score (nSPS) is 9.88. The van der Waals surface area contributed by atoms with Crippen molar-refractivity contribution in [3.8, 4) is 6.07 Å². The van der Waals surface area contributed by atoms with Crippen molar-refractivity contribution in [1.29, 1.82) is 5.26 Å². The molecular formula is C11H17N5O. The van der Waals surface area contributed by atoms with Crippen LogP contribution < -0.4 is 10.6 Å². The molecule has 1 amide bonds. The molecule has 0 aliphatic carbocycles. The van der Waals surface area contributed by atoms with Gasteiger partial charge in [-0.2, -0.15) is 5.26 Å². The fourth-order valence-corrected chi connectivity index (χ4v) is 1.36. The maximum absolute atomic E-state index is 11.5. The molecule has 0 spiro atoms. The van der Waals surface area contributed by atoms with Gasteiger partial charge in [0.1, 0.15) is 12.4 Å². The molecule has 0 unspecified atom stereocenters. The summed E-state index contributed by atoms with van der Waals surface area (Å²) in [4.78, 5) is 15.7. The molecule has 1 aromatic heterocycles. The van der Waals surface area contributed by atoms with Crippen molar-refractivity contribution in [1.82, 2.24) is 20.2 Å². The van der Waals surface area contributed by atoms with Gasteiger partial charge >= 0.3 is 0 Å². The zero-order chi connectivity index (χ0) is 12.5. The third-order valence-corrected chi connectivity index (χ3v) is 2.21. The van der Waals surface area contributed by atoms with Crippen LogP contribution in [-0.2, 0) is 17.9 Å². The van der Waals surface area contributed by atoms with Gasteiger partial charge in [0.25, 0.3) is 0 Å². The van der Waals surface area contributed by atoms with Gasteiger partial charge in [-0.1, -0.05) is 6.92 Å². The molecule has 1 aromatic rings. The van der Waals surface area contributed by atoms with Crippen molar-refractivity contribution in [3.05, 3.63) is 18.2 Å². The molecule has 0 fully saturated rings. The van der Waals surface area contributed by atoms with E-state index in [1.165, 1.54) is 0 Å². The Labute approximate surface area is 101 Å². The maximum Gasteiger partial charge on any atom is 0.240 e. The quantitative estimate of drug-likeness (QED) is 0.653. The second-order valence-corrected chi connectivity index (χ2v) is 3.51. The molecule has 0 bridgehead atoms. The lowest BCUT2D eigenvalue weighted by molar-refractivity contribution is -0.121. The molecular weight excluding hydrogens is 218 g/mol. The molecule has 6 heteroatoms. The molecule has 0 aliphatic rings. The SMILES string of the molecule is CCNCc1nccn1CC(=O)NCCC#N. The van der Waals surface area contributed by atoms with Gasteiger partial charge < -0.3 is 15.2 Å². The number of rotatable bonds is 7. The van der Waals surface area contributed by atoms with Crippen LogP contribution in [0.2, 0.25) is 0 Å². The van der Waals surface area contributed by atoms with Gasteiger partial charge in [-0.15, -0.1) is 0 Å². The highest BCUT2D eigenvalue weighted by Crippen LogP contribution is 1.97. The molecule has 0 radical (unpaired) electrons. The molecule has 0 saturated carbocycles. The van der Waals surface area contributed by atoms with Crippen LogP contribution in [0.15, 0.2) is 12.4 Å². The standard InChI is InChI=1S/C11H17N5O/c1-2-13-8-10-14-6-7-16(10)9-11(17)15-5-3-4-12/h6-7,13H,2-3,5,8-9H2,1H3,(H,15,17). The summed E-state index contributed by atoms with van der Waals surface area (Å²) in [6.07, 6.45) is 3.78. The van der Waals surface area contributed by atoms with Gasteiger partial charge in [0.05, 0.1) is 19.0 Å². The van der Waals surface area contributed by atoms with Crippen LogP contribution >= 0.6 is 0 Å². The molecule has 6 nitrogen and oxygen atoms in total. The first-order valence-corrected chi connectivity index (χ1v) is 5.62. The number of nitriles is 1. The van der Waals surface area contributed by atoms with E-state index in [1.54, 1.807) is 17.0 Å². The predicted molar refractivity (Wildman–Crippen MR) is 62.8 cm³/mol. The topological polar surface area (TPSA) is 82.7 Å². The molecule has 17 heavy (non-hydrogen) atoms. The van der Waals surface area contributed by atoms with Crippen LogP contribution in [0, 0.1) is 11.3 Å². The monoisotopic (exact) mass is 235 g/mol. The highest BCUT2D eigenvalue weighted by Gasteiger charge is 2.06. The summed E-state index contributed by atoms with van der Waals surface area (Å²) >= 11 is 0. The van der Waals surface area contributed by atoms with E-state index in [0.29, 0.717) is 19.5 Å². The molecule has 2 N–H and O–H groups in total. The zero-order valence-corrected chi connectivity index (χ0v) is 9.94. The minimum absolute atomic E-state index is 0.101. The predicted octanol–water partition coefficient (Wildman–Crippen LogP) is 0.0225. The number of nitrogens with zero attached hydrogens (tertiary/aromatic N) is 3.